The van der Waals surface area contributed by atoms with Gasteiger partial charge in [0.05, 0.1) is 60.0 Å². The number of hydrogen-bond acceptors (Lipinski definition) is 15. The maximum absolute atomic E-state index is 10.7. The summed E-state index contributed by atoms with van der Waals surface area (Å²) in [5, 5.41) is 61.4. The van der Waals surface area contributed by atoms with E-state index in [9.17, 15) is 30.6 Å². The summed E-state index contributed by atoms with van der Waals surface area (Å²) in [5.74, 6) is 1.95. The standard InChI is InChI=1S/C32H42O15/c1-39-19-6-4-14(8-21(19)40-2)29-16-10-43-30(17(16)11-42-29)15-5-7-20(22(9-15)41-3)46-32-28(38)26(36)25(35)23(47-32)13-45-31-27(37)24(34)18(33)12-44-31/h4-9,16-18,23-38H,10-13H2,1-3H3/t16-,17-,18+,23+,24-,25+,26-,27+,28+,29-,30+,31-,32+/m0/s1. The molecule has 0 spiro atoms. The van der Waals surface area contributed by atoms with Gasteiger partial charge in [0, 0.05) is 11.8 Å². The van der Waals surface area contributed by atoms with E-state index in [-0.39, 0.29) is 36.4 Å². The number of ether oxygens (including phenoxy) is 9. The van der Waals surface area contributed by atoms with E-state index in [1.54, 1.807) is 26.4 Å². The summed E-state index contributed by atoms with van der Waals surface area (Å²) >= 11 is 0. The highest BCUT2D eigenvalue weighted by molar-refractivity contribution is 5.45. The van der Waals surface area contributed by atoms with E-state index >= 15 is 0 Å². The fourth-order valence-electron chi connectivity index (χ4n) is 6.62. The lowest BCUT2D eigenvalue weighted by atomic mass is 9.85. The highest BCUT2D eigenvalue weighted by atomic mass is 16.7. The molecule has 4 fully saturated rings. The van der Waals surface area contributed by atoms with E-state index in [0.717, 1.165) is 11.1 Å². The van der Waals surface area contributed by atoms with Gasteiger partial charge < -0.3 is 73.3 Å². The van der Waals surface area contributed by atoms with Crippen molar-refractivity contribution in [2.75, 3.05) is 47.8 Å². The van der Waals surface area contributed by atoms with Crippen LogP contribution in [0.1, 0.15) is 23.3 Å². The van der Waals surface area contributed by atoms with Crippen LogP contribution in [0.2, 0.25) is 0 Å². The van der Waals surface area contributed by atoms with Crippen molar-refractivity contribution >= 4 is 0 Å². The van der Waals surface area contributed by atoms with Crippen LogP contribution < -0.4 is 18.9 Å². The van der Waals surface area contributed by atoms with Gasteiger partial charge in [-0.15, -0.1) is 0 Å². The molecule has 0 aliphatic carbocycles. The first-order valence-corrected chi connectivity index (χ1v) is 15.4. The van der Waals surface area contributed by atoms with E-state index in [4.69, 9.17) is 42.6 Å². The molecule has 0 bridgehead atoms. The van der Waals surface area contributed by atoms with Crippen molar-refractivity contribution in [2.24, 2.45) is 11.8 Å². The summed E-state index contributed by atoms with van der Waals surface area (Å²) in [4.78, 5) is 0. The van der Waals surface area contributed by atoms with Gasteiger partial charge in [-0.2, -0.15) is 0 Å². The van der Waals surface area contributed by atoms with Crippen LogP contribution in [0.5, 0.6) is 23.0 Å². The number of rotatable bonds is 10. The monoisotopic (exact) mass is 666 g/mol. The largest absolute Gasteiger partial charge is 0.493 e. The van der Waals surface area contributed by atoms with Gasteiger partial charge in [-0.25, -0.2) is 0 Å². The molecule has 4 aliphatic heterocycles. The molecule has 4 saturated heterocycles. The zero-order valence-corrected chi connectivity index (χ0v) is 26.2. The summed E-state index contributed by atoms with van der Waals surface area (Å²) in [6.07, 6.45) is -13.6. The van der Waals surface area contributed by atoms with Gasteiger partial charge >= 0.3 is 0 Å². The molecule has 13 atom stereocenters. The Balaban J connectivity index is 1.12. The second kappa shape index (κ2) is 14.4. The van der Waals surface area contributed by atoms with Crippen molar-refractivity contribution in [1.29, 1.82) is 0 Å². The molecule has 15 heteroatoms. The van der Waals surface area contributed by atoms with E-state index in [2.05, 4.69) is 0 Å². The second-order valence-corrected chi connectivity index (χ2v) is 12.1. The first-order chi connectivity index (χ1) is 22.6. The lowest BCUT2D eigenvalue weighted by molar-refractivity contribution is -0.307. The second-order valence-electron chi connectivity index (χ2n) is 12.1. The summed E-state index contributed by atoms with van der Waals surface area (Å²) in [6, 6.07) is 11.0. The van der Waals surface area contributed by atoms with Gasteiger partial charge in [-0.05, 0) is 35.4 Å². The van der Waals surface area contributed by atoms with Crippen molar-refractivity contribution in [1.82, 2.24) is 0 Å². The van der Waals surface area contributed by atoms with Crippen LogP contribution in [0.15, 0.2) is 36.4 Å². The van der Waals surface area contributed by atoms with Gasteiger partial charge in [-0.1, -0.05) is 12.1 Å². The number of hydrogen-bond donors (Lipinski definition) is 6. The highest BCUT2D eigenvalue weighted by Crippen LogP contribution is 2.51. The fraction of sp³-hybridized carbons (Fsp3) is 0.625. The average molecular weight is 667 g/mol. The lowest BCUT2D eigenvalue weighted by Crippen LogP contribution is -2.61. The Labute approximate surface area is 271 Å². The van der Waals surface area contributed by atoms with Gasteiger partial charge in [0.25, 0.3) is 0 Å². The number of benzene rings is 2. The van der Waals surface area contributed by atoms with Crippen molar-refractivity contribution in [3.05, 3.63) is 47.5 Å². The van der Waals surface area contributed by atoms with Crippen LogP contribution in [0.4, 0.5) is 0 Å². The molecule has 6 rings (SSSR count). The first-order valence-electron chi connectivity index (χ1n) is 15.4. The minimum Gasteiger partial charge on any atom is -0.493 e. The minimum absolute atomic E-state index is 0.0708. The quantitative estimate of drug-likeness (QED) is 0.188. The normalized spacial score (nSPS) is 38.5. The lowest BCUT2D eigenvalue weighted by Gasteiger charge is -2.41. The van der Waals surface area contributed by atoms with E-state index in [1.165, 1.54) is 7.11 Å². The Morgan fingerprint density at radius 3 is 1.74 bits per heavy atom. The third-order valence-corrected chi connectivity index (χ3v) is 9.31. The molecule has 0 saturated carbocycles. The topological polar surface area (TPSA) is 204 Å². The zero-order valence-electron chi connectivity index (χ0n) is 26.2. The molecule has 0 radical (unpaired) electrons. The maximum Gasteiger partial charge on any atom is 0.229 e. The molecule has 4 heterocycles. The smallest absolute Gasteiger partial charge is 0.229 e. The summed E-state index contributed by atoms with van der Waals surface area (Å²) in [6.45, 7) is 0.296. The highest BCUT2D eigenvalue weighted by Gasteiger charge is 2.49. The molecule has 2 aromatic rings. The molecule has 260 valence electrons. The maximum atomic E-state index is 10.7. The summed E-state index contributed by atoms with van der Waals surface area (Å²) in [7, 11) is 4.64. The summed E-state index contributed by atoms with van der Waals surface area (Å²) in [5.41, 5.74) is 1.81. The van der Waals surface area contributed by atoms with Crippen molar-refractivity contribution in [3.63, 3.8) is 0 Å². The van der Waals surface area contributed by atoms with Crippen LogP contribution >= 0.6 is 0 Å². The van der Waals surface area contributed by atoms with Crippen LogP contribution in [0.3, 0.4) is 0 Å². The predicted octanol–water partition coefficient (Wildman–Crippen LogP) is -0.570. The van der Waals surface area contributed by atoms with Gasteiger partial charge in [0.15, 0.2) is 29.3 Å². The SMILES string of the molecule is COc1ccc([C@@H]2OC[C@H]3[C@@H]2CO[C@@H]3c2ccc(O[C@@H]3O[C@H](CO[C@@H]4OC[C@@H](O)[C@H](O)[C@H]4O)[C@@H](O)[C@H](O)[C@H]3O)c(OC)c2)cc1OC. The Morgan fingerprint density at radius 2 is 1.15 bits per heavy atom. The van der Waals surface area contributed by atoms with Gasteiger partial charge in [0.2, 0.25) is 6.29 Å². The van der Waals surface area contributed by atoms with Crippen LogP contribution in [0, 0.1) is 11.8 Å². The first kappa shape index (κ1) is 34.1. The van der Waals surface area contributed by atoms with Crippen molar-refractivity contribution in [2.45, 2.75) is 67.5 Å². The Morgan fingerprint density at radius 1 is 0.596 bits per heavy atom. The number of aliphatic hydroxyl groups is 6. The van der Waals surface area contributed by atoms with Crippen LogP contribution in [-0.4, -0.2) is 134 Å². The molecule has 0 amide bonds. The number of methoxy groups -OCH3 is 3. The van der Waals surface area contributed by atoms with Crippen LogP contribution in [0.25, 0.3) is 0 Å². The average Bonchev–Trinajstić information content (AvgIpc) is 3.70. The van der Waals surface area contributed by atoms with Crippen molar-refractivity contribution < 1.29 is 73.3 Å². The Bertz CT molecular complexity index is 1360. The predicted molar refractivity (Wildman–Crippen MR) is 158 cm³/mol. The molecule has 6 N–H and O–H groups in total. The van der Waals surface area contributed by atoms with E-state index < -0.39 is 61.9 Å². The van der Waals surface area contributed by atoms with Gasteiger partial charge in [-0.3, -0.25) is 0 Å². The third kappa shape index (κ3) is 6.63. The third-order valence-electron chi connectivity index (χ3n) is 9.31. The molecular formula is C32H42O15. The summed E-state index contributed by atoms with van der Waals surface area (Å²) < 4.78 is 51.4. The molecule has 47 heavy (non-hydrogen) atoms. The van der Waals surface area contributed by atoms with E-state index in [0.29, 0.717) is 30.5 Å². The van der Waals surface area contributed by atoms with E-state index in [1.807, 2.05) is 24.3 Å². The molecule has 4 aliphatic rings. The Hall–Kier alpha value is -2.80. The van der Waals surface area contributed by atoms with Crippen molar-refractivity contribution in [3.8, 4) is 23.0 Å². The molecule has 2 aromatic carbocycles. The van der Waals surface area contributed by atoms with Crippen LogP contribution in [-0.2, 0) is 23.7 Å². The molecule has 0 aromatic heterocycles. The minimum atomic E-state index is -1.66. The Kier molecular flexibility index (Phi) is 10.4. The zero-order chi connectivity index (χ0) is 33.4. The molecule has 0 unspecified atom stereocenters. The number of aliphatic hydroxyl groups excluding tert-OH is 6. The molecule has 15 nitrogen and oxygen atoms in total. The number of fused-ring (bicyclic) bond motifs is 1. The fourth-order valence-corrected chi connectivity index (χ4v) is 6.62. The molecular weight excluding hydrogens is 624 g/mol. The van der Waals surface area contributed by atoms with Gasteiger partial charge in [0.1, 0.15) is 42.7 Å².